The first-order valence-corrected chi connectivity index (χ1v) is 6.97. The van der Waals surface area contributed by atoms with Gasteiger partial charge >= 0.3 is 5.82 Å². The Kier molecular flexibility index (Phi) is 4.52. The number of rotatable bonds is 5. The molecule has 0 unspecified atom stereocenters. The minimum atomic E-state index is -0.574. The second-order valence-corrected chi connectivity index (χ2v) is 4.71. The van der Waals surface area contributed by atoms with Crippen molar-refractivity contribution in [3.8, 4) is 0 Å². The maximum Gasteiger partial charge on any atom is 0.321 e. The molecule has 1 aromatic heterocycles. The van der Waals surface area contributed by atoms with Gasteiger partial charge in [-0.1, -0.05) is 40.2 Å². The number of nitro groups is 1. The Morgan fingerprint density at radius 1 is 1.20 bits per heavy atom. The fourth-order valence-corrected chi connectivity index (χ4v) is 2.02. The fourth-order valence-electron chi connectivity index (χ4n) is 1.65. The van der Waals surface area contributed by atoms with Crippen LogP contribution in [0.2, 0.25) is 0 Å². The van der Waals surface area contributed by atoms with Crippen molar-refractivity contribution in [2.45, 2.75) is 11.9 Å². The third-order valence-corrected chi connectivity index (χ3v) is 3.39. The normalized spacial score (nSPS) is 10.2. The Bertz CT molecular complexity index is 622. The SMILES string of the molecule is O=C(NCc1ccc(CBr)cc1)c1ccc([N+](=O)[O-])[nH]1. The molecule has 0 fully saturated rings. The molecule has 20 heavy (non-hydrogen) atoms. The molecule has 2 rings (SSSR count). The molecular formula is C13H12BrN3O3. The Morgan fingerprint density at radius 2 is 1.85 bits per heavy atom. The van der Waals surface area contributed by atoms with Gasteiger partial charge in [0.1, 0.15) is 0 Å². The summed E-state index contributed by atoms with van der Waals surface area (Å²) in [5, 5.41) is 14.0. The van der Waals surface area contributed by atoms with E-state index < -0.39 is 4.92 Å². The predicted octanol–water partition coefficient (Wildman–Crippen LogP) is 2.75. The maximum atomic E-state index is 11.8. The van der Waals surface area contributed by atoms with Gasteiger partial charge in [-0.15, -0.1) is 0 Å². The van der Waals surface area contributed by atoms with E-state index in [0.29, 0.717) is 6.54 Å². The molecule has 0 radical (unpaired) electrons. The van der Waals surface area contributed by atoms with E-state index in [-0.39, 0.29) is 17.4 Å². The molecule has 0 aliphatic heterocycles. The van der Waals surface area contributed by atoms with Gasteiger partial charge in [0.25, 0.3) is 5.91 Å². The van der Waals surface area contributed by atoms with E-state index in [1.165, 1.54) is 12.1 Å². The predicted molar refractivity (Wildman–Crippen MR) is 77.7 cm³/mol. The van der Waals surface area contributed by atoms with Crippen molar-refractivity contribution in [3.63, 3.8) is 0 Å². The van der Waals surface area contributed by atoms with Crippen LogP contribution in [0.25, 0.3) is 0 Å². The van der Waals surface area contributed by atoms with E-state index in [9.17, 15) is 14.9 Å². The van der Waals surface area contributed by atoms with Gasteiger partial charge in [-0.2, -0.15) is 0 Å². The Balaban J connectivity index is 1.95. The first-order valence-electron chi connectivity index (χ1n) is 5.85. The van der Waals surface area contributed by atoms with Crippen molar-refractivity contribution in [3.05, 3.63) is 63.3 Å². The van der Waals surface area contributed by atoms with Gasteiger partial charge in [-0.3, -0.25) is 4.79 Å². The number of hydrogen-bond acceptors (Lipinski definition) is 3. The Morgan fingerprint density at radius 3 is 2.40 bits per heavy atom. The van der Waals surface area contributed by atoms with Crippen LogP contribution in [-0.2, 0) is 11.9 Å². The van der Waals surface area contributed by atoms with E-state index in [1.807, 2.05) is 24.3 Å². The largest absolute Gasteiger partial charge is 0.358 e. The van der Waals surface area contributed by atoms with Gasteiger partial charge < -0.3 is 15.4 Å². The zero-order valence-electron chi connectivity index (χ0n) is 10.4. The highest BCUT2D eigenvalue weighted by Crippen LogP contribution is 2.11. The second-order valence-electron chi connectivity index (χ2n) is 4.15. The number of benzene rings is 1. The summed E-state index contributed by atoms with van der Waals surface area (Å²) in [5.41, 5.74) is 2.29. The average Bonchev–Trinajstić information content (AvgIpc) is 2.95. The number of halogens is 1. The number of aromatic amines is 1. The molecule has 2 N–H and O–H groups in total. The van der Waals surface area contributed by atoms with Crippen LogP contribution in [0.15, 0.2) is 36.4 Å². The molecule has 1 amide bonds. The third kappa shape index (κ3) is 3.45. The molecule has 0 saturated heterocycles. The van der Waals surface area contributed by atoms with Crippen LogP contribution < -0.4 is 5.32 Å². The Hall–Kier alpha value is -2.15. The van der Waals surface area contributed by atoms with Gasteiger partial charge in [0.15, 0.2) is 5.69 Å². The zero-order valence-corrected chi connectivity index (χ0v) is 12.0. The lowest BCUT2D eigenvalue weighted by atomic mass is 10.1. The number of aromatic nitrogens is 1. The number of amides is 1. The number of carbonyl (C=O) groups excluding carboxylic acids is 1. The van der Waals surface area contributed by atoms with Crippen molar-refractivity contribution in [1.29, 1.82) is 0 Å². The molecule has 0 bridgehead atoms. The van der Waals surface area contributed by atoms with Crippen LogP contribution in [-0.4, -0.2) is 15.8 Å². The molecule has 6 nitrogen and oxygen atoms in total. The number of carbonyl (C=O) groups is 1. The molecular weight excluding hydrogens is 326 g/mol. The minimum Gasteiger partial charge on any atom is -0.358 e. The molecule has 104 valence electrons. The lowest BCUT2D eigenvalue weighted by Crippen LogP contribution is -2.23. The summed E-state index contributed by atoms with van der Waals surface area (Å²) in [5.74, 6) is -0.570. The molecule has 0 saturated carbocycles. The smallest absolute Gasteiger partial charge is 0.321 e. The van der Waals surface area contributed by atoms with Gasteiger partial charge in [0.2, 0.25) is 0 Å². The van der Waals surface area contributed by atoms with Gasteiger partial charge in [0, 0.05) is 17.9 Å². The van der Waals surface area contributed by atoms with Crippen molar-refractivity contribution < 1.29 is 9.72 Å². The van der Waals surface area contributed by atoms with Crippen molar-refractivity contribution in [2.75, 3.05) is 0 Å². The first-order chi connectivity index (χ1) is 9.60. The molecule has 0 aliphatic carbocycles. The number of H-pyrrole nitrogens is 1. The lowest BCUT2D eigenvalue weighted by molar-refractivity contribution is -0.389. The third-order valence-electron chi connectivity index (χ3n) is 2.74. The molecule has 7 heteroatoms. The van der Waals surface area contributed by atoms with Crippen LogP contribution in [0.4, 0.5) is 5.82 Å². The van der Waals surface area contributed by atoms with E-state index in [1.54, 1.807) is 0 Å². The van der Waals surface area contributed by atoms with Gasteiger partial charge in [0.05, 0.1) is 0 Å². The molecule has 1 heterocycles. The summed E-state index contributed by atoms with van der Waals surface area (Å²) >= 11 is 3.36. The highest BCUT2D eigenvalue weighted by atomic mass is 79.9. The van der Waals surface area contributed by atoms with Crippen LogP contribution >= 0.6 is 15.9 Å². The maximum absolute atomic E-state index is 11.8. The summed E-state index contributed by atoms with van der Waals surface area (Å²) in [6.07, 6.45) is 0. The summed E-state index contributed by atoms with van der Waals surface area (Å²) in [7, 11) is 0. The molecule has 0 atom stereocenters. The van der Waals surface area contributed by atoms with Gasteiger partial charge in [-0.05, 0) is 22.1 Å². The second kappa shape index (κ2) is 6.33. The highest BCUT2D eigenvalue weighted by Gasteiger charge is 2.14. The number of hydrogen-bond donors (Lipinski definition) is 2. The average molecular weight is 338 g/mol. The number of alkyl halides is 1. The van der Waals surface area contributed by atoms with E-state index >= 15 is 0 Å². The van der Waals surface area contributed by atoms with Crippen LogP contribution in [0.3, 0.4) is 0 Å². The van der Waals surface area contributed by atoms with Crippen LogP contribution in [0.5, 0.6) is 0 Å². The van der Waals surface area contributed by atoms with Crippen LogP contribution in [0.1, 0.15) is 21.6 Å². The summed E-state index contributed by atoms with van der Waals surface area (Å²) in [4.78, 5) is 24.2. The molecule has 2 aromatic rings. The van der Waals surface area contributed by atoms with Crippen molar-refractivity contribution in [1.82, 2.24) is 10.3 Å². The van der Waals surface area contributed by atoms with Crippen molar-refractivity contribution >= 4 is 27.7 Å². The fraction of sp³-hybridized carbons (Fsp3) is 0.154. The monoisotopic (exact) mass is 337 g/mol. The van der Waals surface area contributed by atoms with Crippen molar-refractivity contribution in [2.24, 2.45) is 0 Å². The standard InChI is InChI=1S/C13H12BrN3O3/c14-7-9-1-3-10(4-2-9)8-15-13(18)11-5-6-12(16-11)17(19)20/h1-6,16H,7-8H2,(H,15,18). The number of nitrogens with zero attached hydrogens (tertiary/aromatic N) is 1. The molecule has 0 aliphatic rings. The van der Waals surface area contributed by atoms with E-state index in [0.717, 1.165) is 16.5 Å². The van der Waals surface area contributed by atoms with Crippen LogP contribution in [0, 0.1) is 10.1 Å². The highest BCUT2D eigenvalue weighted by molar-refractivity contribution is 9.08. The molecule has 1 aromatic carbocycles. The van der Waals surface area contributed by atoms with E-state index in [2.05, 4.69) is 26.2 Å². The summed E-state index contributed by atoms with van der Waals surface area (Å²) in [6.45, 7) is 0.369. The zero-order chi connectivity index (χ0) is 14.5. The summed E-state index contributed by atoms with van der Waals surface area (Å²) < 4.78 is 0. The lowest BCUT2D eigenvalue weighted by Gasteiger charge is -2.03. The summed E-state index contributed by atoms with van der Waals surface area (Å²) in [6, 6.07) is 10.4. The quantitative estimate of drug-likeness (QED) is 0.499. The minimum absolute atomic E-state index is 0.175. The molecule has 0 spiro atoms. The van der Waals surface area contributed by atoms with Gasteiger partial charge in [-0.25, -0.2) is 4.98 Å². The number of nitrogens with one attached hydrogen (secondary N) is 2. The van der Waals surface area contributed by atoms with E-state index in [4.69, 9.17) is 0 Å². The topological polar surface area (TPSA) is 88.0 Å². The first kappa shape index (κ1) is 14.3. The Labute approximate surface area is 123 Å².